The van der Waals surface area contributed by atoms with Crippen molar-refractivity contribution in [1.82, 2.24) is 15.0 Å². The first-order valence-electron chi connectivity index (χ1n) is 8.70. The second kappa shape index (κ2) is 7.44. The zero-order valence-electron chi connectivity index (χ0n) is 16.0. The molecule has 0 saturated carbocycles. The maximum Gasteiger partial charge on any atom is 0.273 e. The fraction of sp³-hybridized carbons (Fsp3) is 0.150. The number of anilines is 1. The molecule has 0 spiro atoms. The Kier molecular flexibility index (Phi) is 4.81. The first-order chi connectivity index (χ1) is 14.0. The number of methoxy groups -OCH3 is 2. The summed E-state index contributed by atoms with van der Waals surface area (Å²) in [4.78, 5) is 34.9. The van der Waals surface area contributed by atoms with Crippen molar-refractivity contribution >= 4 is 33.3 Å². The number of ether oxygens (including phenoxy) is 2. The van der Waals surface area contributed by atoms with Crippen molar-refractivity contribution < 1.29 is 14.3 Å². The van der Waals surface area contributed by atoms with E-state index in [1.54, 1.807) is 7.11 Å². The normalized spacial score (nSPS) is 10.9. The second-order valence-electron chi connectivity index (χ2n) is 6.31. The van der Waals surface area contributed by atoms with Crippen LogP contribution in [0.5, 0.6) is 11.5 Å². The number of aromatic nitrogens is 3. The summed E-state index contributed by atoms with van der Waals surface area (Å²) in [7, 11) is 3.02. The molecule has 0 unspecified atom stereocenters. The second-order valence-corrected chi connectivity index (χ2v) is 7.17. The minimum absolute atomic E-state index is 0.126. The number of fused-ring (bicyclic) bond motifs is 1. The van der Waals surface area contributed by atoms with Gasteiger partial charge < -0.3 is 19.4 Å². The Morgan fingerprint density at radius 3 is 2.76 bits per heavy atom. The maximum absolute atomic E-state index is 12.4. The van der Waals surface area contributed by atoms with E-state index in [4.69, 9.17) is 9.47 Å². The number of pyridine rings is 1. The number of hydrogen-bond acceptors (Lipinski definition) is 6. The fourth-order valence-corrected chi connectivity index (χ4v) is 3.82. The number of hydrogen-bond donors (Lipinski definition) is 3. The van der Waals surface area contributed by atoms with Crippen molar-refractivity contribution in [2.45, 2.75) is 6.92 Å². The fourth-order valence-electron chi connectivity index (χ4n) is 3.12. The monoisotopic (exact) mass is 410 g/mol. The number of aromatic amines is 2. The smallest absolute Gasteiger partial charge is 0.273 e. The third-order valence-electron chi connectivity index (χ3n) is 4.52. The average molecular weight is 410 g/mol. The Labute approximate surface area is 169 Å². The van der Waals surface area contributed by atoms with Crippen LogP contribution in [0, 0.1) is 6.92 Å². The molecule has 4 rings (SSSR count). The van der Waals surface area contributed by atoms with Crippen molar-refractivity contribution in [3.05, 3.63) is 57.5 Å². The van der Waals surface area contributed by atoms with Crippen LogP contribution < -0.4 is 20.2 Å². The molecule has 0 radical (unpaired) electrons. The SMILES string of the molecule is COc1ccc2[nH]c(C)c(-c3csc(NC(=O)c4cc(=O)c(OC)c[nH]4)n3)c2c1. The van der Waals surface area contributed by atoms with Gasteiger partial charge in [-0.15, -0.1) is 11.3 Å². The summed E-state index contributed by atoms with van der Waals surface area (Å²) < 4.78 is 10.2. The summed E-state index contributed by atoms with van der Waals surface area (Å²) in [5.74, 6) is 0.441. The third kappa shape index (κ3) is 3.47. The number of aryl methyl sites for hydroxylation is 1. The van der Waals surface area contributed by atoms with E-state index in [1.807, 2.05) is 30.5 Å². The molecule has 148 valence electrons. The number of benzene rings is 1. The number of rotatable bonds is 5. The lowest BCUT2D eigenvalue weighted by molar-refractivity contribution is 0.102. The summed E-state index contributed by atoms with van der Waals surface area (Å²) in [6, 6.07) is 7.00. The third-order valence-corrected chi connectivity index (χ3v) is 5.27. The molecule has 0 aliphatic heterocycles. The Morgan fingerprint density at radius 2 is 2.03 bits per heavy atom. The highest BCUT2D eigenvalue weighted by Crippen LogP contribution is 2.35. The lowest BCUT2D eigenvalue weighted by Gasteiger charge is -2.03. The van der Waals surface area contributed by atoms with Crippen LogP contribution in [0.2, 0.25) is 0 Å². The van der Waals surface area contributed by atoms with Crippen LogP contribution in [0.4, 0.5) is 5.13 Å². The molecule has 0 aliphatic rings. The Bertz CT molecular complexity index is 1270. The molecular weight excluding hydrogens is 392 g/mol. The summed E-state index contributed by atoms with van der Waals surface area (Å²) in [6.45, 7) is 1.97. The summed E-state index contributed by atoms with van der Waals surface area (Å²) >= 11 is 1.30. The van der Waals surface area contributed by atoms with Gasteiger partial charge in [0.2, 0.25) is 5.43 Å². The Balaban J connectivity index is 1.63. The van der Waals surface area contributed by atoms with Gasteiger partial charge in [0.1, 0.15) is 11.4 Å². The van der Waals surface area contributed by atoms with E-state index in [-0.39, 0.29) is 16.9 Å². The summed E-state index contributed by atoms with van der Waals surface area (Å²) in [5.41, 5.74) is 3.39. The van der Waals surface area contributed by atoms with Gasteiger partial charge in [0.25, 0.3) is 5.91 Å². The average Bonchev–Trinajstić information content (AvgIpc) is 3.29. The minimum Gasteiger partial charge on any atom is -0.497 e. The number of carbonyl (C=O) groups excluding carboxylic acids is 1. The van der Waals surface area contributed by atoms with Crippen LogP contribution in [0.3, 0.4) is 0 Å². The highest BCUT2D eigenvalue weighted by Gasteiger charge is 2.16. The number of carbonyl (C=O) groups is 1. The molecule has 0 fully saturated rings. The molecule has 8 nitrogen and oxygen atoms in total. The zero-order valence-corrected chi connectivity index (χ0v) is 16.8. The number of H-pyrrole nitrogens is 2. The molecule has 3 heterocycles. The van der Waals surface area contributed by atoms with Crippen molar-refractivity contribution in [2.24, 2.45) is 0 Å². The molecule has 1 aromatic carbocycles. The van der Waals surface area contributed by atoms with Crippen molar-refractivity contribution in [2.75, 3.05) is 19.5 Å². The van der Waals surface area contributed by atoms with E-state index < -0.39 is 5.91 Å². The number of nitrogens with one attached hydrogen (secondary N) is 3. The highest BCUT2D eigenvalue weighted by atomic mass is 32.1. The quantitative estimate of drug-likeness (QED) is 0.466. The summed E-state index contributed by atoms with van der Waals surface area (Å²) in [6.07, 6.45) is 1.35. The Morgan fingerprint density at radius 1 is 1.21 bits per heavy atom. The highest BCUT2D eigenvalue weighted by molar-refractivity contribution is 7.14. The van der Waals surface area contributed by atoms with E-state index in [9.17, 15) is 9.59 Å². The first-order valence-corrected chi connectivity index (χ1v) is 9.58. The number of amides is 1. The van der Waals surface area contributed by atoms with Crippen LogP contribution >= 0.6 is 11.3 Å². The van der Waals surface area contributed by atoms with E-state index >= 15 is 0 Å². The van der Waals surface area contributed by atoms with Gasteiger partial charge in [-0.2, -0.15) is 0 Å². The standard InChI is InChI=1S/C20H18N4O4S/c1-10-18(12-6-11(27-2)4-5-13(12)22-10)15-9-29-20(23-15)24-19(26)14-7-16(25)17(28-3)8-21-14/h4-9,22H,1-3H3,(H,21,25)(H,23,24,26). The van der Waals surface area contributed by atoms with Crippen LogP contribution in [0.15, 0.2) is 40.6 Å². The topological polar surface area (TPSA) is 109 Å². The predicted molar refractivity (Wildman–Crippen MR) is 112 cm³/mol. The van der Waals surface area contributed by atoms with E-state index in [2.05, 4.69) is 20.3 Å². The van der Waals surface area contributed by atoms with Gasteiger partial charge in [0.05, 0.1) is 19.9 Å². The lowest BCUT2D eigenvalue weighted by atomic mass is 10.1. The first kappa shape index (κ1) is 18.8. The molecule has 0 bridgehead atoms. The van der Waals surface area contributed by atoms with E-state index in [0.29, 0.717) is 5.13 Å². The lowest BCUT2D eigenvalue weighted by Crippen LogP contribution is -2.17. The van der Waals surface area contributed by atoms with Crippen molar-refractivity contribution in [3.8, 4) is 22.8 Å². The van der Waals surface area contributed by atoms with Gasteiger partial charge in [-0.1, -0.05) is 0 Å². The molecule has 1 amide bonds. The number of thiazole rings is 1. The van der Waals surface area contributed by atoms with Gasteiger partial charge >= 0.3 is 0 Å². The van der Waals surface area contributed by atoms with Gasteiger partial charge in [0.15, 0.2) is 10.9 Å². The predicted octanol–water partition coefficient (Wildman–Crippen LogP) is 3.56. The molecular formula is C20H18N4O4S. The number of nitrogens with zero attached hydrogens (tertiary/aromatic N) is 1. The van der Waals surface area contributed by atoms with Gasteiger partial charge in [-0.3, -0.25) is 14.9 Å². The minimum atomic E-state index is -0.456. The molecule has 3 N–H and O–H groups in total. The molecule has 4 aromatic rings. The molecule has 0 saturated heterocycles. The van der Waals surface area contributed by atoms with Gasteiger partial charge in [-0.25, -0.2) is 4.98 Å². The Hall–Kier alpha value is -3.59. The van der Waals surface area contributed by atoms with Crippen molar-refractivity contribution in [3.63, 3.8) is 0 Å². The van der Waals surface area contributed by atoms with Crippen LogP contribution in [-0.4, -0.2) is 35.1 Å². The van der Waals surface area contributed by atoms with Gasteiger partial charge in [0, 0.05) is 39.8 Å². The molecule has 29 heavy (non-hydrogen) atoms. The molecule has 3 aromatic heterocycles. The molecule has 9 heteroatoms. The van der Waals surface area contributed by atoms with Crippen LogP contribution in [0.25, 0.3) is 22.2 Å². The van der Waals surface area contributed by atoms with Crippen LogP contribution in [0.1, 0.15) is 16.2 Å². The zero-order chi connectivity index (χ0) is 20.5. The molecule has 0 atom stereocenters. The summed E-state index contributed by atoms with van der Waals surface area (Å²) in [5, 5.41) is 6.01. The maximum atomic E-state index is 12.4. The molecule has 0 aliphatic carbocycles. The van der Waals surface area contributed by atoms with Crippen LogP contribution in [-0.2, 0) is 0 Å². The van der Waals surface area contributed by atoms with Crippen molar-refractivity contribution in [1.29, 1.82) is 0 Å². The largest absolute Gasteiger partial charge is 0.497 e. The van der Waals surface area contributed by atoms with E-state index in [1.165, 1.54) is 30.7 Å². The van der Waals surface area contributed by atoms with E-state index in [0.717, 1.165) is 33.6 Å². The van der Waals surface area contributed by atoms with Gasteiger partial charge in [-0.05, 0) is 25.1 Å².